The number of carboxylic acid groups (broad SMARTS) is 1. The number of phenolic OH excluding ortho intramolecular Hbond substituents is 1. The maximum absolute atomic E-state index is 12.2. The molecular formula is C16H21N3O5. The van der Waals surface area contributed by atoms with Gasteiger partial charge in [-0.05, 0) is 37.1 Å². The zero-order valence-electron chi connectivity index (χ0n) is 13.1. The molecule has 1 aromatic carbocycles. The molecule has 8 heteroatoms. The van der Waals surface area contributed by atoms with Crippen LogP contribution in [0.2, 0.25) is 0 Å². The van der Waals surface area contributed by atoms with Crippen LogP contribution >= 0.6 is 0 Å². The number of carbonyl (C=O) groups excluding carboxylic acids is 2. The highest BCUT2D eigenvalue weighted by molar-refractivity contribution is 5.91. The molecule has 2 amide bonds. The minimum Gasteiger partial charge on any atom is -0.508 e. The van der Waals surface area contributed by atoms with Crippen molar-refractivity contribution in [2.24, 2.45) is 0 Å². The molecule has 0 bridgehead atoms. The Bertz CT molecular complexity index is 596. The zero-order chi connectivity index (χ0) is 17.5. The monoisotopic (exact) mass is 335 g/mol. The van der Waals surface area contributed by atoms with Crippen molar-refractivity contribution in [2.45, 2.75) is 31.3 Å². The van der Waals surface area contributed by atoms with Crippen molar-refractivity contribution in [1.29, 1.82) is 0 Å². The molecule has 1 aromatic rings. The number of rotatable bonds is 7. The average molecular weight is 335 g/mol. The zero-order valence-corrected chi connectivity index (χ0v) is 13.1. The Balaban J connectivity index is 2.04. The predicted molar refractivity (Wildman–Crippen MR) is 85.4 cm³/mol. The van der Waals surface area contributed by atoms with E-state index in [1.807, 2.05) is 0 Å². The van der Waals surface area contributed by atoms with Crippen LogP contribution in [-0.4, -0.2) is 53.2 Å². The van der Waals surface area contributed by atoms with Gasteiger partial charge in [0.05, 0.1) is 6.04 Å². The molecule has 8 nitrogen and oxygen atoms in total. The Morgan fingerprint density at radius 1 is 1.25 bits per heavy atom. The van der Waals surface area contributed by atoms with Crippen LogP contribution in [0.3, 0.4) is 0 Å². The van der Waals surface area contributed by atoms with E-state index in [2.05, 4.69) is 16.0 Å². The Morgan fingerprint density at radius 3 is 2.54 bits per heavy atom. The number of carboxylic acids is 1. The number of benzene rings is 1. The highest BCUT2D eigenvalue weighted by atomic mass is 16.4. The molecule has 0 aliphatic carbocycles. The van der Waals surface area contributed by atoms with Crippen molar-refractivity contribution in [1.82, 2.24) is 16.0 Å². The van der Waals surface area contributed by atoms with Crippen molar-refractivity contribution >= 4 is 17.8 Å². The quantitative estimate of drug-likeness (QED) is 0.451. The Labute approximate surface area is 139 Å². The first-order valence-electron chi connectivity index (χ1n) is 7.77. The van der Waals surface area contributed by atoms with E-state index in [0.29, 0.717) is 6.42 Å². The predicted octanol–water partition coefficient (Wildman–Crippen LogP) is -0.628. The fraction of sp³-hybridized carbons (Fsp3) is 0.438. The maximum Gasteiger partial charge on any atom is 0.322 e. The minimum atomic E-state index is -1.16. The molecular weight excluding hydrogens is 314 g/mol. The molecule has 1 fully saturated rings. The summed E-state index contributed by atoms with van der Waals surface area (Å²) in [5, 5.41) is 26.0. The van der Waals surface area contributed by atoms with E-state index in [-0.39, 0.29) is 24.1 Å². The molecule has 0 radical (unpaired) electrons. The lowest BCUT2D eigenvalue weighted by Crippen LogP contribution is -2.53. The molecule has 1 aliphatic heterocycles. The fourth-order valence-corrected chi connectivity index (χ4v) is 2.54. The summed E-state index contributed by atoms with van der Waals surface area (Å²) in [7, 11) is 0. The van der Waals surface area contributed by atoms with Gasteiger partial charge in [0.15, 0.2) is 0 Å². The van der Waals surface area contributed by atoms with E-state index in [9.17, 15) is 19.5 Å². The summed E-state index contributed by atoms with van der Waals surface area (Å²) in [5.74, 6) is -1.89. The molecule has 5 N–H and O–H groups in total. The summed E-state index contributed by atoms with van der Waals surface area (Å²) in [6, 6.07) is 5.05. The Kier molecular flexibility index (Phi) is 6.14. The number of aliphatic carboxylic acids is 1. The first kappa shape index (κ1) is 17.7. The highest BCUT2D eigenvalue weighted by Crippen LogP contribution is 2.12. The summed E-state index contributed by atoms with van der Waals surface area (Å²) in [6.07, 6.45) is 1.80. The van der Waals surface area contributed by atoms with Crippen LogP contribution in [0.4, 0.5) is 0 Å². The van der Waals surface area contributed by atoms with Crippen LogP contribution in [0.5, 0.6) is 5.75 Å². The summed E-state index contributed by atoms with van der Waals surface area (Å²) in [6.45, 7) is 0.244. The van der Waals surface area contributed by atoms with E-state index >= 15 is 0 Å². The Morgan fingerprint density at radius 2 is 1.96 bits per heavy atom. The lowest BCUT2D eigenvalue weighted by molar-refractivity contribution is -0.138. The third kappa shape index (κ3) is 5.24. The molecule has 0 aromatic heterocycles. The number of amides is 2. The van der Waals surface area contributed by atoms with Crippen LogP contribution in [0, 0.1) is 0 Å². The number of nitrogens with one attached hydrogen (secondary N) is 3. The largest absolute Gasteiger partial charge is 0.508 e. The normalized spacial score (nSPS) is 17.9. The maximum atomic E-state index is 12.2. The first-order chi connectivity index (χ1) is 11.5. The lowest BCUT2D eigenvalue weighted by Gasteiger charge is -2.20. The van der Waals surface area contributed by atoms with E-state index < -0.39 is 24.5 Å². The smallest absolute Gasteiger partial charge is 0.322 e. The summed E-state index contributed by atoms with van der Waals surface area (Å²) >= 11 is 0. The van der Waals surface area contributed by atoms with Crippen molar-refractivity contribution in [2.75, 3.05) is 13.1 Å². The number of carbonyl (C=O) groups is 3. The molecule has 1 heterocycles. The van der Waals surface area contributed by atoms with Crippen LogP contribution in [0.1, 0.15) is 18.4 Å². The molecule has 2 rings (SSSR count). The van der Waals surface area contributed by atoms with E-state index in [0.717, 1.165) is 18.5 Å². The first-order valence-corrected chi connectivity index (χ1v) is 7.77. The number of hydrogen-bond donors (Lipinski definition) is 5. The highest BCUT2D eigenvalue weighted by Gasteiger charge is 2.27. The van der Waals surface area contributed by atoms with Gasteiger partial charge in [-0.15, -0.1) is 0 Å². The van der Waals surface area contributed by atoms with Crippen molar-refractivity contribution < 1.29 is 24.6 Å². The summed E-state index contributed by atoms with van der Waals surface area (Å²) in [4.78, 5) is 35.1. The van der Waals surface area contributed by atoms with E-state index in [1.165, 1.54) is 12.1 Å². The molecule has 1 saturated heterocycles. The van der Waals surface area contributed by atoms with Crippen LogP contribution < -0.4 is 16.0 Å². The van der Waals surface area contributed by atoms with Crippen LogP contribution in [-0.2, 0) is 20.8 Å². The molecule has 130 valence electrons. The molecule has 0 saturated carbocycles. The van der Waals surface area contributed by atoms with Gasteiger partial charge in [0.25, 0.3) is 0 Å². The molecule has 1 aliphatic rings. The molecule has 0 spiro atoms. The minimum absolute atomic E-state index is 0.102. The van der Waals surface area contributed by atoms with Gasteiger partial charge in [-0.1, -0.05) is 12.1 Å². The van der Waals surface area contributed by atoms with Crippen molar-refractivity contribution in [3.05, 3.63) is 29.8 Å². The van der Waals surface area contributed by atoms with Gasteiger partial charge >= 0.3 is 5.97 Å². The standard InChI is InChI=1S/C16H21N3O5/c20-11-5-3-10(4-6-11)8-13(15(23)18-9-14(21)22)19-16(24)12-2-1-7-17-12/h3-6,12-13,17,20H,1-2,7-9H2,(H,18,23)(H,19,24)(H,21,22)/t12-,13-/m0/s1. The molecule has 0 unspecified atom stereocenters. The van der Waals surface area contributed by atoms with Gasteiger partial charge in [-0.2, -0.15) is 0 Å². The third-order valence-electron chi connectivity index (χ3n) is 3.80. The van der Waals surface area contributed by atoms with Gasteiger partial charge in [-0.3, -0.25) is 14.4 Å². The van der Waals surface area contributed by atoms with Crippen LogP contribution in [0.15, 0.2) is 24.3 Å². The number of hydrogen-bond acceptors (Lipinski definition) is 5. The Hall–Kier alpha value is -2.61. The van der Waals surface area contributed by atoms with Crippen molar-refractivity contribution in [3.8, 4) is 5.75 Å². The van der Waals surface area contributed by atoms with Gasteiger partial charge in [-0.25, -0.2) is 0 Å². The molecule has 2 atom stereocenters. The second kappa shape index (κ2) is 8.30. The van der Waals surface area contributed by atoms with Gasteiger partial charge in [0.1, 0.15) is 18.3 Å². The number of aromatic hydroxyl groups is 1. The fourth-order valence-electron chi connectivity index (χ4n) is 2.54. The average Bonchev–Trinajstić information content (AvgIpc) is 3.08. The second-order valence-electron chi connectivity index (χ2n) is 5.69. The molecule has 24 heavy (non-hydrogen) atoms. The van der Waals surface area contributed by atoms with E-state index in [4.69, 9.17) is 5.11 Å². The number of phenols is 1. The van der Waals surface area contributed by atoms with Crippen LogP contribution in [0.25, 0.3) is 0 Å². The van der Waals surface area contributed by atoms with Gasteiger partial charge in [0.2, 0.25) is 11.8 Å². The van der Waals surface area contributed by atoms with E-state index in [1.54, 1.807) is 12.1 Å². The second-order valence-corrected chi connectivity index (χ2v) is 5.69. The van der Waals surface area contributed by atoms with Crippen molar-refractivity contribution in [3.63, 3.8) is 0 Å². The van der Waals surface area contributed by atoms with Gasteiger partial charge < -0.3 is 26.2 Å². The SMILES string of the molecule is O=C(O)CNC(=O)[C@H](Cc1ccc(O)cc1)NC(=O)[C@@H]1CCCN1. The van der Waals surface area contributed by atoms with Gasteiger partial charge in [0, 0.05) is 6.42 Å². The third-order valence-corrected chi connectivity index (χ3v) is 3.80. The topological polar surface area (TPSA) is 128 Å². The summed E-state index contributed by atoms with van der Waals surface area (Å²) in [5.41, 5.74) is 0.739. The lowest BCUT2D eigenvalue weighted by atomic mass is 10.0. The summed E-state index contributed by atoms with van der Waals surface area (Å²) < 4.78 is 0.